The van der Waals surface area contributed by atoms with Gasteiger partial charge < -0.3 is 9.67 Å². The van der Waals surface area contributed by atoms with Crippen molar-refractivity contribution in [3.05, 3.63) is 0 Å². The van der Waals surface area contributed by atoms with E-state index in [-0.39, 0.29) is 0 Å². The van der Waals surface area contributed by atoms with Crippen molar-refractivity contribution in [2.24, 2.45) is 5.92 Å². The number of carboxylic acids is 1. The molecule has 0 aromatic carbocycles. The van der Waals surface area contributed by atoms with Gasteiger partial charge in [0.15, 0.2) is 0 Å². The highest BCUT2D eigenvalue weighted by Crippen LogP contribution is 2.46. The lowest BCUT2D eigenvalue weighted by atomic mass is 10.2. The summed E-state index contributed by atoms with van der Waals surface area (Å²) in [5.74, 6) is -1.33. The van der Waals surface area contributed by atoms with Crippen molar-refractivity contribution >= 4 is 13.1 Å². The van der Waals surface area contributed by atoms with Gasteiger partial charge in [-0.05, 0) is 12.3 Å². The lowest BCUT2D eigenvalue weighted by Gasteiger charge is -2.16. The van der Waals surface area contributed by atoms with E-state index in [0.717, 1.165) is 0 Å². The minimum Gasteiger partial charge on any atom is -0.481 e. The van der Waals surface area contributed by atoms with Crippen LogP contribution in [0.25, 0.3) is 0 Å². The summed E-state index contributed by atoms with van der Waals surface area (Å²) in [4.78, 5) is 10.5. The van der Waals surface area contributed by atoms with Crippen molar-refractivity contribution in [1.29, 1.82) is 0 Å². The number of aliphatic carboxylic acids is 1. The van der Waals surface area contributed by atoms with E-state index < -0.39 is 19.0 Å². The van der Waals surface area contributed by atoms with Gasteiger partial charge in [0.1, 0.15) is 0 Å². The van der Waals surface area contributed by atoms with Gasteiger partial charge in [-0.3, -0.25) is 4.79 Å². The molecule has 12 heavy (non-hydrogen) atoms. The Labute approximate surface area is 73.5 Å². The molecule has 1 unspecified atom stereocenters. The van der Waals surface area contributed by atoms with Crippen LogP contribution in [-0.4, -0.2) is 29.6 Å². The highest BCUT2D eigenvalue weighted by atomic mass is 31.2. The average molecular weight is 192 g/mol. The second-order valence-corrected chi connectivity index (χ2v) is 6.86. The summed E-state index contributed by atoms with van der Waals surface area (Å²) in [6.07, 6.45) is 1.57. The molecule has 1 atom stereocenters. The zero-order valence-electron chi connectivity index (χ0n) is 7.91. The van der Waals surface area contributed by atoms with Gasteiger partial charge in [0.2, 0.25) is 0 Å². The number of carbonyl (C=O) groups is 1. The number of rotatable bonds is 5. The van der Waals surface area contributed by atoms with E-state index in [4.69, 9.17) is 5.11 Å². The lowest BCUT2D eigenvalue weighted by Crippen LogP contribution is -2.15. The Morgan fingerprint density at radius 3 is 2.08 bits per heavy atom. The van der Waals surface area contributed by atoms with Crippen LogP contribution in [0.3, 0.4) is 0 Å². The van der Waals surface area contributed by atoms with Crippen LogP contribution < -0.4 is 0 Å². The number of hydrogen-bond donors (Lipinski definition) is 1. The molecule has 1 N–H and O–H groups in total. The Balaban J connectivity index is 4.22. The van der Waals surface area contributed by atoms with Crippen molar-refractivity contribution < 1.29 is 14.5 Å². The predicted molar refractivity (Wildman–Crippen MR) is 50.4 cm³/mol. The second kappa shape index (κ2) is 4.66. The van der Waals surface area contributed by atoms with Crippen molar-refractivity contribution in [2.75, 3.05) is 18.5 Å². The first-order valence-corrected chi connectivity index (χ1v) is 6.51. The summed E-state index contributed by atoms with van der Waals surface area (Å²) in [5.41, 5.74) is 0. The zero-order chi connectivity index (χ0) is 9.78. The molecule has 0 fully saturated rings. The number of hydrogen-bond acceptors (Lipinski definition) is 2. The molecule has 0 aliphatic carbocycles. The van der Waals surface area contributed by atoms with Crippen LogP contribution in [0.4, 0.5) is 0 Å². The lowest BCUT2D eigenvalue weighted by molar-refractivity contribution is -0.140. The molecule has 0 amide bonds. The maximum Gasteiger partial charge on any atom is 0.306 e. The molecule has 0 saturated carbocycles. The molecule has 72 valence electrons. The van der Waals surface area contributed by atoms with Gasteiger partial charge in [-0.2, -0.15) is 0 Å². The highest BCUT2D eigenvalue weighted by molar-refractivity contribution is 7.63. The summed E-state index contributed by atoms with van der Waals surface area (Å²) in [6.45, 7) is 5.33. The van der Waals surface area contributed by atoms with Crippen molar-refractivity contribution in [3.63, 3.8) is 0 Å². The van der Waals surface area contributed by atoms with Crippen LogP contribution in [0.1, 0.15) is 20.8 Å². The van der Waals surface area contributed by atoms with Gasteiger partial charge >= 0.3 is 5.97 Å². The van der Waals surface area contributed by atoms with Gasteiger partial charge in [-0.15, -0.1) is 0 Å². The number of carboxylic acid groups (broad SMARTS) is 1. The Bertz CT molecular complexity index is 192. The molecular weight excluding hydrogens is 175 g/mol. The molecule has 0 aromatic heterocycles. The van der Waals surface area contributed by atoms with Crippen molar-refractivity contribution in [2.45, 2.75) is 20.8 Å². The third-order valence-electron chi connectivity index (χ3n) is 2.18. The summed E-state index contributed by atoms with van der Waals surface area (Å²) in [6, 6.07) is 0. The zero-order valence-corrected chi connectivity index (χ0v) is 8.80. The molecule has 0 radical (unpaired) electrons. The van der Waals surface area contributed by atoms with Crippen LogP contribution in [0, 0.1) is 5.92 Å². The third kappa shape index (κ3) is 3.40. The molecule has 0 saturated heterocycles. The minimum atomic E-state index is -2.17. The van der Waals surface area contributed by atoms with Crippen LogP contribution in [-0.2, 0) is 9.36 Å². The second-order valence-electron chi connectivity index (χ2n) is 3.11. The van der Waals surface area contributed by atoms with Gasteiger partial charge in [0, 0.05) is 6.16 Å². The van der Waals surface area contributed by atoms with E-state index in [2.05, 4.69) is 0 Å². The standard InChI is InChI=1S/C8H17O3P/c1-4-12(11,5-2)6-7(3)8(9)10/h7H,4-6H2,1-3H3,(H,9,10). The van der Waals surface area contributed by atoms with Crippen LogP contribution in [0.15, 0.2) is 0 Å². The fraction of sp³-hybridized carbons (Fsp3) is 0.875. The summed E-state index contributed by atoms with van der Waals surface area (Å²) < 4.78 is 11.8. The van der Waals surface area contributed by atoms with Crippen molar-refractivity contribution in [3.8, 4) is 0 Å². The van der Waals surface area contributed by atoms with E-state index in [1.807, 2.05) is 13.8 Å². The Morgan fingerprint density at radius 2 is 1.83 bits per heavy atom. The quantitative estimate of drug-likeness (QED) is 0.678. The van der Waals surface area contributed by atoms with Crippen LogP contribution >= 0.6 is 7.14 Å². The Kier molecular flexibility index (Phi) is 4.54. The van der Waals surface area contributed by atoms with E-state index in [0.29, 0.717) is 18.5 Å². The maximum atomic E-state index is 11.8. The smallest absolute Gasteiger partial charge is 0.306 e. The first-order chi connectivity index (χ1) is 5.45. The SMILES string of the molecule is CCP(=O)(CC)CC(C)C(=O)O. The van der Waals surface area contributed by atoms with Crippen LogP contribution in [0.2, 0.25) is 0 Å². The molecular formula is C8H17O3P. The molecule has 0 aromatic rings. The minimum absolute atomic E-state index is 0.343. The fourth-order valence-corrected chi connectivity index (χ4v) is 3.18. The highest BCUT2D eigenvalue weighted by Gasteiger charge is 2.23. The summed E-state index contributed by atoms with van der Waals surface area (Å²) in [5, 5.41) is 8.62. The molecule has 0 heterocycles. The van der Waals surface area contributed by atoms with Gasteiger partial charge in [-0.25, -0.2) is 0 Å². The van der Waals surface area contributed by atoms with Gasteiger partial charge in [0.25, 0.3) is 0 Å². The first kappa shape index (κ1) is 11.7. The van der Waals surface area contributed by atoms with E-state index in [1.165, 1.54) is 0 Å². The molecule has 3 nitrogen and oxygen atoms in total. The molecule has 0 aliphatic heterocycles. The normalized spacial score (nSPS) is 14.2. The molecule has 0 aliphatic rings. The fourth-order valence-electron chi connectivity index (χ4n) is 1.06. The topological polar surface area (TPSA) is 54.4 Å². The molecule has 0 spiro atoms. The van der Waals surface area contributed by atoms with E-state index in [1.54, 1.807) is 6.92 Å². The monoisotopic (exact) mass is 192 g/mol. The molecule has 0 bridgehead atoms. The molecule has 0 rings (SSSR count). The Morgan fingerprint density at radius 1 is 1.42 bits per heavy atom. The average Bonchev–Trinajstić information content (AvgIpc) is 2.04. The summed E-state index contributed by atoms with van der Waals surface area (Å²) >= 11 is 0. The molecule has 4 heteroatoms. The van der Waals surface area contributed by atoms with Crippen molar-refractivity contribution in [1.82, 2.24) is 0 Å². The summed E-state index contributed by atoms with van der Waals surface area (Å²) in [7, 11) is -2.17. The third-order valence-corrected chi connectivity index (χ3v) is 5.70. The van der Waals surface area contributed by atoms with E-state index >= 15 is 0 Å². The predicted octanol–water partition coefficient (Wildman–Crippen LogP) is 2.11. The largest absolute Gasteiger partial charge is 0.481 e. The first-order valence-electron chi connectivity index (χ1n) is 4.25. The van der Waals surface area contributed by atoms with Crippen LogP contribution in [0.5, 0.6) is 0 Å². The van der Waals surface area contributed by atoms with E-state index in [9.17, 15) is 9.36 Å². The Hall–Kier alpha value is -0.300. The maximum absolute atomic E-state index is 11.8. The van der Waals surface area contributed by atoms with Gasteiger partial charge in [0.05, 0.1) is 13.1 Å². The van der Waals surface area contributed by atoms with Gasteiger partial charge in [-0.1, -0.05) is 20.8 Å².